The van der Waals surface area contributed by atoms with Gasteiger partial charge in [-0.25, -0.2) is 0 Å². The zero-order valence-corrected chi connectivity index (χ0v) is 38.4. The number of aliphatic hydroxyl groups is 2. The summed E-state index contributed by atoms with van der Waals surface area (Å²) >= 11 is 0. The average molecular weight is 798 g/mol. The molecule has 334 valence electrons. The molecule has 0 aliphatic carbocycles. The Balaban J connectivity index is 3.60. The minimum atomic E-state index is -0.873. The second-order valence-corrected chi connectivity index (χ2v) is 17.2. The van der Waals surface area contributed by atoms with E-state index in [0.29, 0.717) is 6.42 Å². The van der Waals surface area contributed by atoms with E-state index in [-0.39, 0.29) is 12.5 Å². The normalized spacial score (nSPS) is 13.3. The van der Waals surface area contributed by atoms with Gasteiger partial charge in [-0.3, -0.25) is 4.79 Å². The Labute approximate surface area is 356 Å². The highest BCUT2D eigenvalue weighted by Gasteiger charge is 2.17. The molecule has 0 heterocycles. The summed E-state index contributed by atoms with van der Waals surface area (Å²) in [6.07, 6.45) is 66.8. The first-order valence-corrected chi connectivity index (χ1v) is 25.4. The molecule has 0 aromatic carbocycles. The van der Waals surface area contributed by atoms with Crippen LogP contribution in [0.25, 0.3) is 0 Å². The van der Waals surface area contributed by atoms with Crippen LogP contribution in [0.3, 0.4) is 0 Å². The maximum Gasteiger partial charge on any atom is 0.220 e. The van der Waals surface area contributed by atoms with Gasteiger partial charge in [-0.2, -0.15) is 0 Å². The van der Waals surface area contributed by atoms with E-state index in [1.165, 1.54) is 205 Å². The molecule has 0 rings (SSSR count). The van der Waals surface area contributed by atoms with Gasteiger partial charge in [0.15, 0.2) is 0 Å². The van der Waals surface area contributed by atoms with Crippen molar-refractivity contribution in [2.75, 3.05) is 6.61 Å². The first-order valence-electron chi connectivity index (χ1n) is 25.4. The fraction of sp³-hybridized carbons (Fsp3) is 0.830. The van der Waals surface area contributed by atoms with E-state index >= 15 is 0 Å². The lowest BCUT2D eigenvalue weighted by atomic mass is 10.0. The number of carbonyl (C=O) groups excluding carboxylic acids is 1. The average Bonchev–Trinajstić information content (AvgIpc) is 3.22. The summed E-state index contributed by atoms with van der Waals surface area (Å²) in [5.41, 5.74) is 0. The minimum Gasteiger partial charge on any atom is -0.394 e. The van der Waals surface area contributed by atoms with Crippen molar-refractivity contribution in [2.24, 2.45) is 0 Å². The van der Waals surface area contributed by atoms with Crippen LogP contribution >= 0.6 is 0 Å². The minimum absolute atomic E-state index is 0.0809. The topological polar surface area (TPSA) is 69.6 Å². The van der Waals surface area contributed by atoms with Gasteiger partial charge >= 0.3 is 0 Å². The fourth-order valence-corrected chi connectivity index (χ4v) is 7.62. The van der Waals surface area contributed by atoms with Crippen LogP contribution in [0.4, 0.5) is 0 Å². The Morgan fingerprint density at radius 2 is 0.684 bits per heavy atom. The zero-order chi connectivity index (χ0) is 41.4. The van der Waals surface area contributed by atoms with Gasteiger partial charge in [0.2, 0.25) is 5.91 Å². The monoisotopic (exact) mass is 798 g/mol. The first-order chi connectivity index (χ1) is 28.2. The third-order valence-electron chi connectivity index (χ3n) is 11.5. The summed E-state index contributed by atoms with van der Waals surface area (Å²) in [6, 6.07) is -0.649. The Morgan fingerprint density at radius 1 is 0.404 bits per heavy atom. The molecule has 0 saturated carbocycles. The van der Waals surface area contributed by atoms with Gasteiger partial charge in [0, 0.05) is 6.42 Å². The lowest BCUT2D eigenvalue weighted by Crippen LogP contribution is -2.45. The molecule has 2 unspecified atom stereocenters. The zero-order valence-electron chi connectivity index (χ0n) is 38.4. The van der Waals surface area contributed by atoms with Gasteiger partial charge in [-0.1, -0.05) is 236 Å². The quantitative estimate of drug-likeness (QED) is 0.0424. The van der Waals surface area contributed by atoms with Crippen LogP contribution in [0.1, 0.15) is 264 Å². The number of hydrogen-bond acceptors (Lipinski definition) is 3. The van der Waals surface area contributed by atoms with Crippen molar-refractivity contribution >= 4 is 5.91 Å². The number of unbranched alkanes of at least 4 members (excludes halogenated alkanes) is 33. The molecule has 0 saturated heterocycles. The maximum atomic E-state index is 12.4. The molecular weight excluding hydrogens is 699 g/mol. The molecule has 0 bridgehead atoms. The molecule has 0 radical (unpaired) electrons. The molecule has 0 aromatic rings. The van der Waals surface area contributed by atoms with Crippen LogP contribution in [0.5, 0.6) is 0 Å². The van der Waals surface area contributed by atoms with Crippen molar-refractivity contribution in [3.8, 4) is 0 Å². The summed E-state index contributed by atoms with van der Waals surface area (Å²) in [6.45, 7) is 4.31. The van der Waals surface area contributed by atoms with E-state index in [0.717, 1.165) is 38.5 Å². The van der Waals surface area contributed by atoms with Crippen molar-refractivity contribution in [1.29, 1.82) is 0 Å². The van der Waals surface area contributed by atoms with Gasteiger partial charge in [0.25, 0.3) is 0 Å². The Morgan fingerprint density at radius 3 is 1.02 bits per heavy atom. The van der Waals surface area contributed by atoms with Crippen LogP contribution < -0.4 is 5.32 Å². The van der Waals surface area contributed by atoms with Crippen LogP contribution in [-0.4, -0.2) is 34.9 Å². The molecule has 2 atom stereocenters. The second-order valence-electron chi connectivity index (χ2n) is 17.2. The Bertz CT molecular complexity index is 908. The predicted octanol–water partition coefficient (Wildman–Crippen LogP) is 16.3. The van der Waals surface area contributed by atoms with E-state index in [9.17, 15) is 15.0 Å². The number of carbonyl (C=O) groups is 1. The van der Waals surface area contributed by atoms with Crippen molar-refractivity contribution in [3.05, 3.63) is 48.6 Å². The van der Waals surface area contributed by atoms with E-state index in [1.807, 2.05) is 6.08 Å². The summed E-state index contributed by atoms with van der Waals surface area (Å²) in [7, 11) is 0. The van der Waals surface area contributed by atoms with Crippen LogP contribution in [0.2, 0.25) is 0 Å². The van der Waals surface area contributed by atoms with E-state index in [2.05, 4.69) is 55.6 Å². The summed E-state index contributed by atoms with van der Waals surface area (Å²) in [4.78, 5) is 12.4. The second kappa shape index (κ2) is 48.7. The largest absolute Gasteiger partial charge is 0.394 e. The molecule has 57 heavy (non-hydrogen) atoms. The molecule has 3 N–H and O–H groups in total. The third-order valence-corrected chi connectivity index (χ3v) is 11.5. The summed E-state index contributed by atoms with van der Waals surface area (Å²) in [5, 5.41) is 23.1. The molecule has 0 aliphatic rings. The van der Waals surface area contributed by atoms with Crippen molar-refractivity contribution < 1.29 is 15.0 Å². The highest BCUT2D eigenvalue weighted by atomic mass is 16.3. The highest BCUT2D eigenvalue weighted by Crippen LogP contribution is 2.15. The molecule has 0 aliphatic heterocycles. The van der Waals surface area contributed by atoms with Crippen LogP contribution in [0, 0.1) is 0 Å². The number of amides is 1. The van der Waals surface area contributed by atoms with Gasteiger partial charge in [0.05, 0.1) is 18.8 Å². The molecule has 0 fully saturated rings. The van der Waals surface area contributed by atoms with Crippen molar-refractivity contribution in [2.45, 2.75) is 276 Å². The SMILES string of the molecule is CCCCCCCCCCCC/C=C\CCCCCCCCCC(=O)NC(CO)C(O)/C=C/CC/C=C/CC/C=C/CCCCCCCCCCCCCCCC. The van der Waals surface area contributed by atoms with Gasteiger partial charge in [-0.05, 0) is 70.6 Å². The van der Waals surface area contributed by atoms with E-state index in [1.54, 1.807) is 6.08 Å². The van der Waals surface area contributed by atoms with Crippen LogP contribution in [-0.2, 0) is 4.79 Å². The lowest BCUT2D eigenvalue weighted by molar-refractivity contribution is -0.123. The van der Waals surface area contributed by atoms with Crippen molar-refractivity contribution in [1.82, 2.24) is 5.32 Å². The number of nitrogens with one attached hydrogen (secondary N) is 1. The first kappa shape index (κ1) is 55.4. The maximum absolute atomic E-state index is 12.4. The van der Waals surface area contributed by atoms with Gasteiger partial charge in [0.1, 0.15) is 0 Å². The van der Waals surface area contributed by atoms with Crippen molar-refractivity contribution in [3.63, 3.8) is 0 Å². The van der Waals surface area contributed by atoms with Gasteiger partial charge < -0.3 is 15.5 Å². The molecule has 4 nitrogen and oxygen atoms in total. The standard InChI is InChI=1S/C53H99NO3/c1-3-5-7-9-11-13-15-17-19-21-23-25-26-27-29-30-32-34-36-38-40-42-44-46-48-52(56)51(50-55)54-53(57)49-47-45-43-41-39-37-35-33-31-28-24-22-20-18-16-14-12-10-8-6-4-2/h28,30-32,38,40,46,48,51-52,55-56H,3-27,29,33-37,39,41-45,47,49-50H2,1-2H3,(H,54,57)/b31-28-,32-30+,40-38+,48-46+. The summed E-state index contributed by atoms with van der Waals surface area (Å²) < 4.78 is 0. The van der Waals surface area contributed by atoms with Crippen LogP contribution in [0.15, 0.2) is 48.6 Å². The highest BCUT2D eigenvalue weighted by molar-refractivity contribution is 5.76. The van der Waals surface area contributed by atoms with E-state index in [4.69, 9.17) is 0 Å². The fourth-order valence-electron chi connectivity index (χ4n) is 7.62. The van der Waals surface area contributed by atoms with Gasteiger partial charge in [-0.15, -0.1) is 0 Å². The number of rotatable bonds is 46. The summed E-state index contributed by atoms with van der Waals surface area (Å²) in [5.74, 6) is -0.0809. The number of hydrogen-bond donors (Lipinski definition) is 3. The third kappa shape index (κ3) is 45.3. The molecule has 0 spiro atoms. The Kier molecular flexibility index (Phi) is 47.3. The molecule has 0 aromatic heterocycles. The molecular formula is C53H99NO3. The van der Waals surface area contributed by atoms with E-state index < -0.39 is 12.1 Å². The smallest absolute Gasteiger partial charge is 0.220 e. The molecule has 4 heteroatoms. The number of aliphatic hydroxyl groups excluding tert-OH is 2. The molecule has 1 amide bonds. The number of allylic oxidation sites excluding steroid dienone is 7. The Hall–Kier alpha value is -1.65. The predicted molar refractivity (Wildman–Crippen MR) is 253 cm³/mol. The lowest BCUT2D eigenvalue weighted by Gasteiger charge is -2.19.